The molecule has 1 aromatic rings. The van der Waals surface area contributed by atoms with Gasteiger partial charge in [-0.1, -0.05) is 5.16 Å². The van der Waals surface area contributed by atoms with Crippen LogP contribution in [0.5, 0.6) is 0 Å². The molecule has 1 N–H and O–H groups in total. The van der Waals surface area contributed by atoms with E-state index in [1.807, 2.05) is 0 Å². The van der Waals surface area contributed by atoms with Gasteiger partial charge in [-0.15, -0.1) is 0 Å². The fraction of sp³-hybridized carbons (Fsp3) is 0.667. The molecule has 1 aromatic heterocycles. The highest BCUT2D eigenvalue weighted by atomic mass is 16.5. The molecule has 12 heavy (non-hydrogen) atoms. The molecule has 0 aromatic carbocycles. The largest absolute Gasteiger partial charge is 0.392 e. The van der Waals surface area contributed by atoms with Crippen LogP contribution < -0.4 is 0 Å². The van der Waals surface area contributed by atoms with Crippen LogP contribution in [0, 0.1) is 5.92 Å². The second kappa shape index (κ2) is 2.10. The van der Waals surface area contributed by atoms with Crippen LogP contribution in [0.2, 0.25) is 0 Å². The monoisotopic (exact) mass is 165 g/mol. The van der Waals surface area contributed by atoms with Gasteiger partial charge in [0.05, 0.1) is 12.3 Å². The molecule has 0 amide bonds. The third-order valence-corrected chi connectivity index (χ3v) is 3.27. The van der Waals surface area contributed by atoms with Crippen LogP contribution in [0.25, 0.3) is 0 Å². The van der Waals surface area contributed by atoms with Crippen LogP contribution >= 0.6 is 0 Å². The van der Waals surface area contributed by atoms with Crippen molar-refractivity contribution in [3.8, 4) is 0 Å². The number of hydrogen-bond donors (Lipinski definition) is 1. The molecule has 1 saturated carbocycles. The molecule has 3 atom stereocenters. The van der Waals surface area contributed by atoms with E-state index < -0.39 is 0 Å². The molecule has 0 radical (unpaired) electrons. The Labute approximate surface area is 70.4 Å². The van der Waals surface area contributed by atoms with Crippen LogP contribution in [0.1, 0.15) is 30.1 Å². The minimum atomic E-state index is -0.142. The van der Waals surface area contributed by atoms with Gasteiger partial charge < -0.3 is 9.63 Å². The van der Waals surface area contributed by atoms with Gasteiger partial charge in [0.25, 0.3) is 0 Å². The molecule has 0 saturated heterocycles. The highest BCUT2D eigenvalue weighted by Crippen LogP contribution is 2.45. The van der Waals surface area contributed by atoms with E-state index in [4.69, 9.17) is 4.52 Å². The molecule has 64 valence electrons. The van der Waals surface area contributed by atoms with Crippen molar-refractivity contribution in [2.24, 2.45) is 5.92 Å². The average molecular weight is 165 g/mol. The minimum Gasteiger partial charge on any atom is -0.392 e. The van der Waals surface area contributed by atoms with E-state index >= 15 is 0 Å². The van der Waals surface area contributed by atoms with Gasteiger partial charge in [-0.25, -0.2) is 0 Å². The van der Waals surface area contributed by atoms with E-state index in [9.17, 15) is 5.11 Å². The molecule has 0 unspecified atom stereocenters. The van der Waals surface area contributed by atoms with Crippen molar-refractivity contribution in [1.82, 2.24) is 5.16 Å². The van der Waals surface area contributed by atoms with Crippen molar-refractivity contribution in [2.75, 3.05) is 0 Å². The summed E-state index contributed by atoms with van der Waals surface area (Å²) in [5, 5.41) is 13.6. The smallest absolute Gasteiger partial charge is 0.140 e. The number of fused-ring (bicyclic) bond motifs is 4. The topological polar surface area (TPSA) is 46.3 Å². The van der Waals surface area contributed by atoms with Crippen molar-refractivity contribution < 1.29 is 9.63 Å². The number of aliphatic hydroxyl groups is 1. The SMILES string of the molecule is O[C@@H]1[C@H]2CC[C@H]1c1cnoc1C2. The summed E-state index contributed by atoms with van der Waals surface area (Å²) in [6, 6.07) is 0. The van der Waals surface area contributed by atoms with E-state index in [-0.39, 0.29) is 6.10 Å². The van der Waals surface area contributed by atoms with Gasteiger partial charge in [-0.2, -0.15) is 0 Å². The molecule has 0 aliphatic heterocycles. The predicted octanol–water partition coefficient (Wildman–Crippen LogP) is 1.09. The summed E-state index contributed by atoms with van der Waals surface area (Å²) in [6.45, 7) is 0. The van der Waals surface area contributed by atoms with Gasteiger partial charge in [0, 0.05) is 17.9 Å². The summed E-state index contributed by atoms with van der Waals surface area (Å²) < 4.78 is 5.12. The highest BCUT2D eigenvalue weighted by molar-refractivity contribution is 5.27. The van der Waals surface area contributed by atoms with Crippen molar-refractivity contribution in [1.29, 1.82) is 0 Å². The zero-order valence-corrected chi connectivity index (χ0v) is 6.73. The van der Waals surface area contributed by atoms with Crippen molar-refractivity contribution in [2.45, 2.75) is 31.3 Å². The Bertz CT molecular complexity index is 307. The summed E-state index contributed by atoms with van der Waals surface area (Å²) >= 11 is 0. The Morgan fingerprint density at radius 2 is 2.42 bits per heavy atom. The fourth-order valence-corrected chi connectivity index (χ4v) is 2.59. The van der Waals surface area contributed by atoms with Crippen LogP contribution in [0.3, 0.4) is 0 Å². The van der Waals surface area contributed by atoms with Crippen molar-refractivity contribution in [3.63, 3.8) is 0 Å². The van der Waals surface area contributed by atoms with E-state index in [0.29, 0.717) is 11.8 Å². The van der Waals surface area contributed by atoms with E-state index in [1.54, 1.807) is 6.20 Å². The van der Waals surface area contributed by atoms with Crippen molar-refractivity contribution in [3.05, 3.63) is 17.5 Å². The molecule has 3 nitrogen and oxygen atoms in total. The molecule has 0 spiro atoms. The maximum Gasteiger partial charge on any atom is 0.140 e. The maximum absolute atomic E-state index is 9.80. The van der Waals surface area contributed by atoms with Crippen LogP contribution in [0.15, 0.2) is 10.7 Å². The summed E-state index contributed by atoms with van der Waals surface area (Å²) in [7, 11) is 0. The lowest BCUT2D eigenvalue weighted by atomic mass is 9.85. The van der Waals surface area contributed by atoms with Gasteiger partial charge in [0.15, 0.2) is 0 Å². The number of aromatic nitrogens is 1. The van der Waals surface area contributed by atoms with E-state index in [2.05, 4.69) is 5.16 Å². The van der Waals surface area contributed by atoms with Gasteiger partial charge in [0.1, 0.15) is 5.76 Å². The Morgan fingerprint density at radius 1 is 1.50 bits per heavy atom. The molecule has 2 aliphatic rings. The lowest BCUT2D eigenvalue weighted by Crippen LogP contribution is -2.26. The molecule has 2 bridgehead atoms. The quantitative estimate of drug-likeness (QED) is 0.625. The predicted molar refractivity (Wildman–Crippen MR) is 41.7 cm³/mol. The lowest BCUT2D eigenvalue weighted by molar-refractivity contribution is 0.103. The summed E-state index contributed by atoms with van der Waals surface area (Å²) in [5.41, 5.74) is 1.15. The maximum atomic E-state index is 9.80. The van der Waals surface area contributed by atoms with Gasteiger partial charge in [0.2, 0.25) is 0 Å². The summed E-state index contributed by atoms with van der Waals surface area (Å²) in [6.07, 6.45) is 4.74. The third kappa shape index (κ3) is 0.672. The van der Waals surface area contributed by atoms with Gasteiger partial charge in [-0.3, -0.25) is 0 Å². The minimum absolute atomic E-state index is 0.142. The molecular formula is C9H11NO2. The van der Waals surface area contributed by atoms with Crippen LogP contribution in [0.4, 0.5) is 0 Å². The lowest BCUT2D eigenvalue weighted by Gasteiger charge is -2.23. The van der Waals surface area contributed by atoms with Crippen molar-refractivity contribution >= 4 is 0 Å². The first-order valence-corrected chi connectivity index (χ1v) is 4.48. The average Bonchev–Trinajstić information content (AvgIpc) is 2.59. The number of hydrogen-bond acceptors (Lipinski definition) is 3. The molecule has 3 heteroatoms. The fourth-order valence-electron chi connectivity index (χ4n) is 2.59. The Hall–Kier alpha value is -0.830. The Kier molecular flexibility index (Phi) is 1.17. The first-order valence-electron chi connectivity index (χ1n) is 4.48. The summed E-state index contributed by atoms with van der Waals surface area (Å²) in [4.78, 5) is 0. The second-order valence-electron chi connectivity index (χ2n) is 3.84. The molecule has 2 aliphatic carbocycles. The summed E-state index contributed by atoms with van der Waals surface area (Å²) in [5.74, 6) is 1.74. The number of rotatable bonds is 0. The van der Waals surface area contributed by atoms with Crippen LogP contribution in [-0.4, -0.2) is 16.4 Å². The zero-order chi connectivity index (χ0) is 8.13. The molecule has 1 fully saturated rings. The van der Waals surface area contributed by atoms with E-state index in [1.165, 1.54) is 0 Å². The zero-order valence-electron chi connectivity index (χ0n) is 6.73. The highest BCUT2D eigenvalue weighted by Gasteiger charge is 2.42. The van der Waals surface area contributed by atoms with E-state index in [0.717, 1.165) is 30.6 Å². The normalized spacial score (nSPS) is 38.2. The van der Waals surface area contributed by atoms with Gasteiger partial charge >= 0.3 is 0 Å². The Balaban J connectivity index is 2.12. The second-order valence-corrected chi connectivity index (χ2v) is 3.84. The number of aliphatic hydroxyl groups excluding tert-OH is 1. The van der Waals surface area contributed by atoms with Crippen LogP contribution in [-0.2, 0) is 6.42 Å². The van der Waals surface area contributed by atoms with Gasteiger partial charge in [-0.05, 0) is 18.8 Å². The molecular weight excluding hydrogens is 154 g/mol. The third-order valence-electron chi connectivity index (χ3n) is 3.27. The first kappa shape index (κ1) is 6.66. The standard InChI is InChI=1S/C9H11NO2/c11-9-5-1-2-6(9)7-4-10-12-8(7)3-5/h4-6,9,11H,1-3H2/t5-,6-,9+/m0/s1. The first-order chi connectivity index (χ1) is 5.86. The Morgan fingerprint density at radius 3 is 3.33 bits per heavy atom. The molecule has 1 heterocycles. The molecule has 3 rings (SSSR count). The number of nitrogens with zero attached hydrogens (tertiary/aromatic N) is 1.